The number of fused-ring (bicyclic) bond motifs is 6. The van der Waals surface area contributed by atoms with E-state index in [1.807, 2.05) is 24.3 Å². The Bertz CT molecular complexity index is 1640. The zero-order valence-electron chi connectivity index (χ0n) is 27.0. The summed E-state index contributed by atoms with van der Waals surface area (Å²) in [7, 11) is 0. The van der Waals surface area contributed by atoms with Crippen LogP contribution in [0.5, 0.6) is 0 Å². The molecular formula is C40H40Cl2Si2Zr2-2. The van der Waals surface area contributed by atoms with Gasteiger partial charge in [0.25, 0.3) is 0 Å². The van der Waals surface area contributed by atoms with Gasteiger partial charge in [-0.2, -0.15) is 12.2 Å². The summed E-state index contributed by atoms with van der Waals surface area (Å²) in [5.74, 6) is 0. The van der Waals surface area contributed by atoms with Gasteiger partial charge >= 0.3 is 83.7 Å². The molecule has 0 saturated heterocycles. The van der Waals surface area contributed by atoms with Gasteiger partial charge in [0.15, 0.2) is 0 Å². The number of hydrogen-bond donors (Lipinski definition) is 0. The molecule has 0 fully saturated rings. The molecule has 0 atom stereocenters. The maximum absolute atomic E-state index is 2.99. The van der Waals surface area contributed by atoms with Crippen molar-refractivity contribution < 1.29 is 71.5 Å². The SMILES string of the molecule is C[Si](C)=[Zr+2].C[Si](C)=[Zr+2].[C-]1=CC=CC1.[C-]1=CC=CC1.[Cl-].[Cl-].c1ccc2c(c1)[cH-]c1ccccc12.c1ccc2c(c1)[cH-]c1ccccc12. The van der Waals surface area contributed by atoms with Crippen LogP contribution in [0.3, 0.4) is 0 Å². The molecule has 0 unspecified atom stereocenters. The molecule has 0 radical (unpaired) electrons. The Balaban J connectivity index is 0.000000298. The van der Waals surface area contributed by atoms with Gasteiger partial charge in [-0.3, -0.25) is 12.2 Å². The molecule has 6 aromatic rings. The van der Waals surface area contributed by atoms with Gasteiger partial charge < -0.3 is 24.8 Å². The zero-order chi connectivity index (χ0) is 31.6. The van der Waals surface area contributed by atoms with Gasteiger partial charge in [0.2, 0.25) is 0 Å². The number of rotatable bonds is 0. The van der Waals surface area contributed by atoms with Crippen LogP contribution in [0.2, 0.25) is 26.2 Å². The second kappa shape index (κ2) is 24.5. The van der Waals surface area contributed by atoms with Crippen molar-refractivity contribution in [1.29, 1.82) is 0 Å². The van der Waals surface area contributed by atoms with E-state index in [0.29, 0.717) is 0 Å². The molecule has 0 bridgehead atoms. The Morgan fingerprint density at radius 2 is 0.717 bits per heavy atom. The molecule has 8 rings (SSSR count). The van der Waals surface area contributed by atoms with Crippen LogP contribution in [0, 0.1) is 12.2 Å². The molecule has 0 spiro atoms. The van der Waals surface area contributed by atoms with Gasteiger partial charge in [-0.15, -0.1) is 92.3 Å². The van der Waals surface area contributed by atoms with Crippen molar-refractivity contribution in [3.63, 3.8) is 0 Å². The van der Waals surface area contributed by atoms with Crippen LogP contribution >= 0.6 is 0 Å². The van der Waals surface area contributed by atoms with Gasteiger partial charge in [-0.25, -0.2) is 24.3 Å². The summed E-state index contributed by atoms with van der Waals surface area (Å²) in [6, 6.07) is 38.5. The summed E-state index contributed by atoms with van der Waals surface area (Å²) in [4.78, 5) is 0. The number of benzene rings is 4. The van der Waals surface area contributed by atoms with Gasteiger partial charge in [-0.1, -0.05) is 72.8 Å². The average molecular weight is 830 g/mol. The van der Waals surface area contributed by atoms with E-state index >= 15 is 0 Å². The van der Waals surface area contributed by atoms with Crippen molar-refractivity contribution in [3.8, 4) is 0 Å². The van der Waals surface area contributed by atoms with Crippen LogP contribution in [0.4, 0.5) is 0 Å². The number of hydrogen-bond acceptors (Lipinski definition) is 0. The first kappa shape index (κ1) is 42.4. The summed E-state index contributed by atoms with van der Waals surface area (Å²) < 4.78 is 0. The molecule has 0 amide bonds. The van der Waals surface area contributed by atoms with Crippen molar-refractivity contribution in [3.05, 3.63) is 158 Å². The predicted octanol–water partition coefficient (Wildman–Crippen LogP) is 5.61. The van der Waals surface area contributed by atoms with E-state index in [4.69, 9.17) is 0 Å². The molecule has 0 nitrogen and oxygen atoms in total. The molecule has 2 aliphatic rings. The van der Waals surface area contributed by atoms with Gasteiger partial charge in [-0.05, 0) is 0 Å². The standard InChI is InChI=1S/2C13H9.2C5H5.2C2H6Si.2ClH.2Zr/c2*1-3-7-12-10(5-1)9-11-6-2-4-8-13(11)12;2*1-2-4-5-3-1;2*1-3-2;;;;/h2*1-9H;2*1-3H,4H2;2*1-2H3;2*1H;;/q4*-1;;;;;2*+2/p-2. The maximum Gasteiger partial charge on any atom is -0.0771 e. The van der Waals surface area contributed by atoms with Crippen molar-refractivity contribution in [2.24, 2.45) is 0 Å². The second-order valence-electron chi connectivity index (χ2n) is 10.6. The van der Waals surface area contributed by atoms with Crippen LogP contribution < -0.4 is 24.8 Å². The second-order valence-corrected chi connectivity index (χ2v) is 29.4. The molecule has 232 valence electrons. The van der Waals surface area contributed by atoms with E-state index in [9.17, 15) is 0 Å². The van der Waals surface area contributed by atoms with Gasteiger partial charge in [0, 0.05) is 0 Å². The van der Waals surface area contributed by atoms with Crippen molar-refractivity contribution in [1.82, 2.24) is 0 Å². The third-order valence-corrected chi connectivity index (χ3v) is 6.22. The zero-order valence-corrected chi connectivity index (χ0v) is 35.5. The summed E-state index contributed by atoms with van der Waals surface area (Å²) in [6.07, 6.45) is 20.0. The van der Waals surface area contributed by atoms with Crippen molar-refractivity contribution in [2.45, 2.75) is 39.0 Å². The van der Waals surface area contributed by atoms with E-state index in [1.165, 1.54) is 43.1 Å². The van der Waals surface area contributed by atoms with E-state index in [0.717, 1.165) is 12.8 Å². The fraction of sp³-hybridized carbons (Fsp3) is 0.150. The molecule has 2 aliphatic carbocycles. The summed E-state index contributed by atoms with van der Waals surface area (Å²) in [5, 5.41) is 10.8. The molecular weight excluding hydrogens is 790 g/mol. The van der Waals surface area contributed by atoms with E-state index < -0.39 is 0 Å². The predicted molar refractivity (Wildman–Crippen MR) is 192 cm³/mol. The molecule has 0 saturated carbocycles. The number of allylic oxidation sites excluding steroid dienone is 8. The maximum atomic E-state index is 2.99. The molecule has 0 aliphatic heterocycles. The first-order valence-electron chi connectivity index (χ1n) is 14.9. The number of halogens is 2. The van der Waals surface area contributed by atoms with Crippen LogP contribution in [-0.4, -0.2) is 10.9 Å². The first-order chi connectivity index (χ1) is 21.4. The van der Waals surface area contributed by atoms with Crippen LogP contribution in [-0.2, 0) is 46.7 Å². The minimum atomic E-state index is 0. The van der Waals surface area contributed by atoms with Crippen LogP contribution in [0.1, 0.15) is 12.8 Å². The van der Waals surface area contributed by atoms with E-state index in [1.54, 1.807) is 46.7 Å². The van der Waals surface area contributed by atoms with Crippen molar-refractivity contribution >= 4 is 54.0 Å². The fourth-order valence-electron chi connectivity index (χ4n) is 4.49. The smallest absolute Gasteiger partial charge is 0.0771 e. The summed E-state index contributed by atoms with van der Waals surface area (Å²) in [5.41, 5.74) is 0.421. The Labute approximate surface area is 319 Å². The third-order valence-electron chi connectivity index (χ3n) is 6.22. The van der Waals surface area contributed by atoms with E-state index in [-0.39, 0.29) is 35.7 Å². The van der Waals surface area contributed by atoms with Crippen molar-refractivity contribution in [2.75, 3.05) is 0 Å². The molecule has 6 heteroatoms. The summed E-state index contributed by atoms with van der Waals surface area (Å²) in [6.45, 7) is 9.23. The quantitative estimate of drug-likeness (QED) is 0.138. The molecule has 0 N–H and O–H groups in total. The molecule has 46 heavy (non-hydrogen) atoms. The van der Waals surface area contributed by atoms with Gasteiger partial charge in [0.1, 0.15) is 0 Å². The largest absolute Gasteiger partial charge is 1.00 e. The normalized spacial score (nSPS) is 11.3. The third kappa shape index (κ3) is 15.5. The molecule has 0 heterocycles. The Kier molecular flexibility index (Phi) is 22.6. The minimum Gasteiger partial charge on any atom is -1.00 e. The average Bonchev–Trinajstić information content (AvgIpc) is 3.85. The summed E-state index contributed by atoms with van der Waals surface area (Å²) >= 11 is 3.48. The minimum absolute atomic E-state index is 0. The Morgan fingerprint density at radius 1 is 0.478 bits per heavy atom. The molecule has 0 aromatic heterocycles. The Hall–Kier alpha value is -1.64. The van der Waals surface area contributed by atoms with E-state index in [2.05, 4.69) is 160 Å². The Morgan fingerprint density at radius 3 is 0.891 bits per heavy atom. The van der Waals surface area contributed by atoms with Crippen LogP contribution in [0.15, 0.2) is 146 Å². The monoisotopic (exact) mass is 826 g/mol. The van der Waals surface area contributed by atoms with Crippen LogP contribution in [0.25, 0.3) is 43.1 Å². The van der Waals surface area contributed by atoms with Gasteiger partial charge in [0.05, 0.1) is 0 Å². The topological polar surface area (TPSA) is 0 Å². The molecule has 6 aromatic carbocycles. The first-order valence-corrected chi connectivity index (χ1v) is 27.3. The fourth-order valence-corrected chi connectivity index (χ4v) is 4.49.